The number of hydrogen-bond acceptors (Lipinski definition) is 10. The number of methoxy groups -OCH3 is 3. The summed E-state index contributed by atoms with van der Waals surface area (Å²) in [5.74, 6) is -1.33. The van der Waals surface area contributed by atoms with Gasteiger partial charge in [-0.2, -0.15) is 0 Å². The van der Waals surface area contributed by atoms with Gasteiger partial charge in [0.2, 0.25) is 18.3 Å². The van der Waals surface area contributed by atoms with Crippen molar-refractivity contribution in [1.82, 2.24) is 5.16 Å². The molecule has 2 aliphatic heterocycles. The number of carboxylic acids is 1. The van der Waals surface area contributed by atoms with Crippen molar-refractivity contribution in [1.29, 1.82) is 0 Å². The third-order valence-corrected chi connectivity index (χ3v) is 7.29. The van der Waals surface area contributed by atoms with Crippen molar-refractivity contribution >= 4 is 11.9 Å². The van der Waals surface area contributed by atoms with Crippen LogP contribution in [0.3, 0.4) is 0 Å². The number of carboxylic acid groups (broad SMARTS) is 1. The predicted octanol–water partition coefficient (Wildman–Crippen LogP) is 3.19. The van der Waals surface area contributed by atoms with Crippen LogP contribution < -0.4 is 23.7 Å². The van der Waals surface area contributed by atoms with Gasteiger partial charge in [0.05, 0.1) is 39.5 Å². The van der Waals surface area contributed by atoms with Gasteiger partial charge in [-0.3, -0.25) is 4.79 Å². The quantitative estimate of drug-likeness (QED) is 0.491. The lowest BCUT2D eigenvalue weighted by atomic mass is 9.62. The minimum absolute atomic E-state index is 0.0692. The van der Waals surface area contributed by atoms with Crippen molar-refractivity contribution in [2.24, 2.45) is 11.8 Å². The third kappa shape index (κ3) is 3.45. The van der Waals surface area contributed by atoms with Gasteiger partial charge in [-0.1, -0.05) is 5.16 Å². The first-order valence-electron chi connectivity index (χ1n) is 11.5. The number of ether oxygens (including phenoxy) is 6. The van der Waals surface area contributed by atoms with Crippen molar-refractivity contribution in [2.45, 2.75) is 11.8 Å². The number of aromatic carboxylic acids is 1. The summed E-state index contributed by atoms with van der Waals surface area (Å²) >= 11 is 0. The molecule has 3 aromatic rings. The Morgan fingerprint density at radius 2 is 1.57 bits per heavy atom. The molecule has 11 heteroatoms. The second-order valence-corrected chi connectivity index (χ2v) is 8.99. The highest BCUT2D eigenvalue weighted by molar-refractivity contribution is 5.84. The van der Waals surface area contributed by atoms with Gasteiger partial charge in [-0.05, 0) is 41.0 Å². The summed E-state index contributed by atoms with van der Waals surface area (Å²) in [7, 11) is 4.58. The fraction of sp³-hybridized carbons (Fsp3) is 0.346. The Labute approximate surface area is 210 Å². The number of rotatable bonds is 6. The molecule has 1 fully saturated rings. The van der Waals surface area contributed by atoms with Gasteiger partial charge >= 0.3 is 11.9 Å². The Morgan fingerprint density at radius 3 is 2.14 bits per heavy atom. The van der Waals surface area contributed by atoms with Crippen LogP contribution in [0.5, 0.6) is 28.7 Å². The fourth-order valence-corrected chi connectivity index (χ4v) is 5.76. The lowest BCUT2D eigenvalue weighted by molar-refractivity contribution is -0.141. The van der Waals surface area contributed by atoms with Crippen LogP contribution in [0, 0.1) is 11.8 Å². The van der Waals surface area contributed by atoms with Crippen LogP contribution in [-0.4, -0.2) is 56.9 Å². The number of carbonyl (C=O) groups is 2. The molecule has 0 amide bonds. The molecule has 1 N–H and O–H groups in total. The number of esters is 1. The Hall–Kier alpha value is -4.41. The molecule has 0 spiro atoms. The summed E-state index contributed by atoms with van der Waals surface area (Å²) in [5, 5.41) is 13.5. The van der Waals surface area contributed by atoms with Crippen LogP contribution in [0.25, 0.3) is 0 Å². The van der Waals surface area contributed by atoms with Gasteiger partial charge in [-0.15, -0.1) is 0 Å². The van der Waals surface area contributed by atoms with Gasteiger partial charge < -0.3 is 38.1 Å². The van der Waals surface area contributed by atoms with Crippen molar-refractivity contribution in [3.63, 3.8) is 0 Å². The van der Waals surface area contributed by atoms with E-state index in [1.807, 2.05) is 24.3 Å². The van der Waals surface area contributed by atoms with E-state index in [2.05, 4.69) is 5.16 Å². The molecule has 3 heterocycles. The minimum Gasteiger partial charge on any atom is -0.493 e. The molecule has 0 bridgehead atoms. The van der Waals surface area contributed by atoms with E-state index in [1.54, 1.807) is 0 Å². The number of fused-ring (bicyclic) bond motifs is 3. The number of cyclic esters (lactones) is 1. The summed E-state index contributed by atoms with van der Waals surface area (Å²) in [5.41, 5.74) is 2.76. The van der Waals surface area contributed by atoms with E-state index in [1.165, 1.54) is 27.4 Å². The monoisotopic (exact) mass is 509 g/mol. The van der Waals surface area contributed by atoms with Crippen molar-refractivity contribution in [3.8, 4) is 28.7 Å². The molecule has 0 saturated carbocycles. The highest BCUT2D eigenvalue weighted by Gasteiger charge is 2.53. The second kappa shape index (κ2) is 8.61. The fourth-order valence-electron chi connectivity index (χ4n) is 5.76. The topological polar surface area (TPSA) is 136 Å². The van der Waals surface area contributed by atoms with Crippen LogP contribution in [0.1, 0.15) is 44.8 Å². The Balaban J connectivity index is 1.60. The molecule has 192 valence electrons. The summed E-state index contributed by atoms with van der Waals surface area (Å²) in [6, 6.07) is 8.75. The normalized spacial score (nSPS) is 23.2. The third-order valence-electron chi connectivity index (χ3n) is 7.29. The lowest BCUT2D eigenvalue weighted by Crippen LogP contribution is -2.35. The van der Waals surface area contributed by atoms with Crippen LogP contribution in [0.4, 0.5) is 0 Å². The van der Waals surface area contributed by atoms with Gasteiger partial charge in [0.25, 0.3) is 0 Å². The maximum Gasteiger partial charge on any atom is 0.374 e. The Bertz CT molecular complexity index is 1390. The molecule has 0 unspecified atom stereocenters. The molecule has 1 aliphatic carbocycles. The van der Waals surface area contributed by atoms with Crippen LogP contribution in [-0.2, 0) is 9.53 Å². The Kier molecular flexibility index (Phi) is 5.36. The minimum atomic E-state index is -1.23. The maximum absolute atomic E-state index is 13.3. The number of aromatic nitrogens is 1. The van der Waals surface area contributed by atoms with Crippen molar-refractivity contribution < 1.29 is 47.6 Å². The zero-order valence-corrected chi connectivity index (χ0v) is 20.2. The summed E-state index contributed by atoms with van der Waals surface area (Å²) in [6.45, 7) is 0.206. The summed E-state index contributed by atoms with van der Waals surface area (Å²) < 4.78 is 38.6. The zero-order chi connectivity index (χ0) is 25.8. The lowest BCUT2D eigenvalue weighted by Gasteiger charge is -2.38. The molecule has 11 nitrogen and oxygen atoms in total. The first-order valence-corrected chi connectivity index (χ1v) is 11.5. The smallest absolute Gasteiger partial charge is 0.374 e. The number of hydrogen-bond donors (Lipinski definition) is 1. The first kappa shape index (κ1) is 23.0. The van der Waals surface area contributed by atoms with Gasteiger partial charge in [-0.25, -0.2) is 4.79 Å². The Morgan fingerprint density at radius 1 is 0.919 bits per heavy atom. The molecule has 1 saturated heterocycles. The molecule has 1 aromatic heterocycles. The average molecular weight is 509 g/mol. The molecule has 6 rings (SSSR count). The zero-order valence-electron chi connectivity index (χ0n) is 20.2. The molecule has 2 aromatic carbocycles. The molecule has 3 aliphatic rings. The summed E-state index contributed by atoms with van der Waals surface area (Å²) in [4.78, 5) is 24.8. The predicted molar refractivity (Wildman–Crippen MR) is 124 cm³/mol. The van der Waals surface area contributed by atoms with E-state index in [9.17, 15) is 14.7 Å². The second-order valence-electron chi connectivity index (χ2n) is 8.99. The number of nitrogens with zero attached hydrogens (tertiary/aromatic N) is 1. The number of carbonyl (C=O) groups excluding carboxylic acids is 1. The highest BCUT2D eigenvalue weighted by atomic mass is 16.7. The highest BCUT2D eigenvalue weighted by Crippen LogP contribution is 2.57. The van der Waals surface area contributed by atoms with Crippen LogP contribution in [0.15, 0.2) is 34.9 Å². The molecule has 37 heavy (non-hydrogen) atoms. The van der Waals surface area contributed by atoms with E-state index >= 15 is 0 Å². The van der Waals surface area contributed by atoms with E-state index in [4.69, 9.17) is 32.9 Å². The van der Waals surface area contributed by atoms with Gasteiger partial charge in [0.15, 0.2) is 23.0 Å². The molecular formula is C26H23NO10. The molecule has 4 atom stereocenters. The summed E-state index contributed by atoms with van der Waals surface area (Å²) in [6.07, 6.45) is 0. The van der Waals surface area contributed by atoms with Gasteiger partial charge in [0, 0.05) is 23.8 Å². The van der Waals surface area contributed by atoms with E-state index in [-0.39, 0.29) is 31.0 Å². The average Bonchev–Trinajstić information content (AvgIpc) is 3.65. The molecule has 0 radical (unpaired) electrons. The SMILES string of the molecule is COc1cc([C@@H]2c3cc4c(cc3[C@H](c3cc(C(=O)O)on3)[C@H]3COC(=O)[C@@H]23)OCO4)cc(OC)c1OC. The molecular weight excluding hydrogens is 486 g/mol. The largest absolute Gasteiger partial charge is 0.493 e. The van der Waals surface area contributed by atoms with Crippen molar-refractivity contribution in [3.05, 3.63) is 58.5 Å². The van der Waals surface area contributed by atoms with Crippen LogP contribution >= 0.6 is 0 Å². The van der Waals surface area contributed by atoms with E-state index in [0.29, 0.717) is 34.4 Å². The van der Waals surface area contributed by atoms with Crippen molar-refractivity contribution in [2.75, 3.05) is 34.7 Å². The first-order chi connectivity index (χ1) is 17.9. The number of benzene rings is 2. The standard InChI is InChI=1S/C26H23NO10/c1-31-18-4-11(5-19(32-2)24(18)33-3)21-12-6-16-17(36-10-35-16)7-13(12)22(14-9-34-26(30)23(14)21)15-8-20(25(28)29)37-27-15/h4-8,14,21-23H,9-10H2,1-3H3,(H,28,29)/t14-,21-,22+,23-/m1/s1. The van der Waals surface area contributed by atoms with Crippen LogP contribution in [0.2, 0.25) is 0 Å². The van der Waals surface area contributed by atoms with E-state index in [0.717, 1.165) is 16.7 Å². The maximum atomic E-state index is 13.3. The van der Waals surface area contributed by atoms with Gasteiger partial charge in [0.1, 0.15) is 0 Å². The van der Waals surface area contributed by atoms with E-state index < -0.39 is 23.7 Å².